The van der Waals surface area contributed by atoms with Gasteiger partial charge < -0.3 is 14.2 Å². The van der Waals surface area contributed by atoms with E-state index in [1.54, 1.807) is 38.0 Å². The lowest BCUT2D eigenvalue weighted by molar-refractivity contribution is -0.117. The number of anilines is 1. The van der Waals surface area contributed by atoms with E-state index in [0.717, 1.165) is 16.9 Å². The molecule has 0 N–H and O–H groups in total. The monoisotopic (exact) mass is 448 g/mol. The van der Waals surface area contributed by atoms with Gasteiger partial charge in [-0.05, 0) is 42.0 Å². The van der Waals surface area contributed by atoms with Crippen LogP contribution in [-0.2, 0) is 4.79 Å². The molecular formula is C25H24N2O4S. The molecule has 1 fully saturated rings. The molecule has 0 bridgehead atoms. The van der Waals surface area contributed by atoms with Gasteiger partial charge in [-0.15, -0.1) is 0 Å². The number of para-hydroxylation sites is 2. The van der Waals surface area contributed by atoms with E-state index in [0.29, 0.717) is 28.8 Å². The molecule has 0 radical (unpaired) electrons. The minimum atomic E-state index is -0.154. The number of methoxy groups -OCH3 is 3. The van der Waals surface area contributed by atoms with Gasteiger partial charge in [-0.2, -0.15) is 0 Å². The number of hydrogen-bond acceptors (Lipinski definition) is 6. The van der Waals surface area contributed by atoms with Gasteiger partial charge in [0.15, 0.2) is 16.7 Å². The summed E-state index contributed by atoms with van der Waals surface area (Å²) in [6.45, 7) is 0. The zero-order chi connectivity index (χ0) is 22.5. The average Bonchev–Trinajstić information content (AvgIpc) is 2.84. The number of carbonyl (C=O) groups excluding carboxylic acids is 1. The van der Waals surface area contributed by atoms with Gasteiger partial charge in [-0.3, -0.25) is 9.69 Å². The maximum Gasteiger partial charge on any atom is 0.234 e. The third-order valence-corrected chi connectivity index (χ3v) is 6.31. The second-order valence-electron chi connectivity index (χ2n) is 7.06. The normalized spacial score (nSPS) is 17.3. The van der Waals surface area contributed by atoms with Crippen molar-refractivity contribution in [2.75, 3.05) is 26.2 Å². The number of thioether (sulfide) groups is 1. The third-order valence-electron chi connectivity index (χ3n) is 5.10. The number of benzene rings is 3. The van der Waals surface area contributed by atoms with Gasteiger partial charge in [0.2, 0.25) is 11.7 Å². The molecule has 7 heteroatoms. The van der Waals surface area contributed by atoms with Crippen molar-refractivity contribution in [2.24, 2.45) is 4.99 Å². The number of ether oxygens (including phenoxy) is 3. The largest absolute Gasteiger partial charge is 0.493 e. The molecule has 32 heavy (non-hydrogen) atoms. The highest BCUT2D eigenvalue weighted by Crippen LogP contribution is 2.46. The lowest BCUT2D eigenvalue weighted by Gasteiger charge is -2.33. The lowest BCUT2D eigenvalue weighted by Crippen LogP contribution is -2.40. The Morgan fingerprint density at radius 2 is 1.47 bits per heavy atom. The number of amidine groups is 1. The van der Waals surface area contributed by atoms with Gasteiger partial charge in [0.25, 0.3) is 0 Å². The summed E-state index contributed by atoms with van der Waals surface area (Å²) in [5.74, 6) is 1.61. The van der Waals surface area contributed by atoms with E-state index in [2.05, 4.69) is 0 Å². The van der Waals surface area contributed by atoms with E-state index >= 15 is 0 Å². The fourth-order valence-corrected chi connectivity index (χ4v) is 4.80. The molecule has 1 aliphatic heterocycles. The quantitative estimate of drug-likeness (QED) is 0.490. The number of aliphatic imine (C=N–C) groups is 1. The van der Waals surface area contributed by atoms with Crippen molar-refractivity contribution >= 4 is 34.2 Å². The second-order valence-corrected chi connectivity index (χ2v) is 8.23. The Hall–Kier alpha value is -3.45. The Balaban J connectivity index is 1.76. The molecule has 6 nitrogen and oxygen atoms in total. The van der Waals surface area contributed by atoms with Crippen LogP contribution in [0.25, 0.3) is 0 Å². The lowest BCUT2D eigenvalue weighted by atomic mass is 10.1. The maximum absolute atomic E-state index is 13.4. The third kappa shape index (κ3) is 4.43. The first-order chi connectivity index (χ1) is 15.6. The number of nitrogens with zero attached hydrogens (tertiary/aromatic N) is 2. The minimum Gasteiger partial charge on any atom is -0.493 e. The highest BCUT2D eigenvalue weighted by Gasteiger charge is 2.35. The van der Waals surface area contributed by atoms with Crippen LogP contribution in [0.1, 0.15) is 17.2 Å². The van der Waals surface area contributed by atoms with Gasteiger partial charge in [0, 0.05) is 11.7 Å². The molecule has 164 valence electrons. The van der Waals surface area contributed by atoms with Crippen molar-refractivity contribution < 1.29 is 19.0 Å². The first-order valence-electron chi connectivity index (χ1n) is 10.1. The first-order valence-corrected chi connectivity index (χ1v) is 11.0. The Kier molecular flexibility index (Phi) is 6.66. The van der Waals surface area contributed by atoms with Crippen LogP contribution in [0.15, 0.2) is 77.8 Å². The predicted octanol–water partition coefficient (Wildman–Crippen LogP) is 5.61. The van der Waals surface area contributed by atoms with Gasteiger partial charge in [0.1, 0.15) is 0 Å². The van der Waals surface area contributed by atoms with Gasteiger partial charge >= 0.3 is 0 Å². The zero-order valence-electron chi connectivity index (χ0n) is 18.1. The topological polar surface area (TPSA) is 60.4 Å². The zero-order valence-corrected chi connectivity index (χ0v) is 19.0. The Morgan fingerprint density at radius 3 is 2.03 bits per heavy atom. The molecule has 4 rings (SSSR count). The van der Waals surface area contributed by atoms with E-state index in [9.17, 15) is 4.79 Å². The Bertz CT molecular complexity index is 1090. The second kappa shape index (κ2) is 9.78. The number of hydrogen-bond donors (Lipinski definition) is 0. The van der Waals surface area contributed by atoms with E-state index in [-0.39, 0.29) is 11.2 Å². The van der Waals surface area contributed by atoms with Gasteiger partial charge in [0.05, 0.1) is 32.7 Å². The summed E-state index contributed by atoms with van der Waals surface area (Å²) in [6.07, 6.45) is 0.312. The molecule has 0 aliphatic carbocycles. The molecule has 1 heterocycles. The first kappa shape index (κ1) is 21.8. The summed E-state index contributed by atoms with van der Waals surface area (Å²) in [4.78, 5) is 19.9. The molecule has 0 spiro atoms. The minimum absolute atomic E-state index is 0.0246. The molecule has 1 aliphatic rings. The van der Waals surface area contributed by atoms with Crippen LogP contribution < -0.4 is 19.1 Å². The van der Waals surface area contributed by atoms with Crippen molar-refractivity contribution in [3.8, 4) is 17.2 Å². The van der Waals surface area contributed by atoms with Crippen LogP contribution in [0, 0.1) is 0 Å². The van der Waals surface area contributed by atoms with E-state index in [4.69, 9.17) is 19.2 Å². The Labute approximate surface area is 191 Å². The molecule has 0 aromatic heterocycles. The van der Waals surface area contributed by atoms with Crippen molar-refractivity contribution in [2.45, 2.75) is 11.7 Å². The highest BCUT2D eigenvalue weighted by molar-refractivity contribution is 8.14. The Morgan fingerprint density at radius 1 is 0.875 bits per heavy atom. The summed E-state index contributed by atoms with van der Waals surface area (Å²) < 4.78 is 16.5. The number of carbonyl (C=O) groups is 1. The predicted molar refractivity (Wildman–Crippen MR) is 129 cm³/mol. The van der Waals surface area contributed by atoms with Crippen LogP contribution in [-0.4, -0.2) is 32.4 Å². The van der Waals surface area contributed by atoms with Crippen molar-refractivity contribution in [3.63, 3.8) is 0 Å². The van der Waals surface area contributed by atoms with Crippen molar-refractivity contribution in [3.05, 3.63) is 78.4 Å². The maximum atomic E-state index is 13.4. The fourth-order valence-electron chi connectivity index (χ4n) is 3.57. The molecule has 1 saturated heterocycles. The number of amides is 1. The molecular weight excluding hydrogens is 424 g/mol. The van der Waals surface area contributed by atoms with E-state index in [1.165, 1.54) is 0 Å². The van der Waals surface area contributed by atoms with Gasteiger partial charge in [-0.1, -0.05) is 48.2 Å². The smallest absolute Gasteiger partial charge is 0.234 e. The van der Waals surface area contributed by atoms with Crippen molar-refractivity contribution in [1.82, 2.24) is 0 Å². The summed E-state index contributed by atoms with van der Waals surface area (Å²) in [5.41, 5.74) is 2.49. The van der Waals surface area contributed by atoms with E-state index < -0.39 is 0 Å². The number of rotatable bonds is 6. The van der Waals surface area contributed by atoms with Crippen LogP contribution in [0.2, 0.25) is 0 Å². The van der Waals surface area contributed by atoms with Crippen LogP contribution in [0.3, 0.4) is 0 Å². The van der Waals surface area contributed by atoms with Crippen LogP contribution in [0.4, 0.5) is 11.4 Å². The molecule has 1 atom stereocenters. The SMILES string of the molecule is COc1cc(C2CC(=O)N(c3ccccc3)C(=Nc3ccccc3)S2)cc(OC)c1OC. The van der Waals surface area contributed by atoms with Crippen molar-refractivity contribution in [1.29, 1.82) is 0 Å². The molecule has 0 saturated carbocycles. The summed E-state index contributed by atoms with van der Waals surface area (Å²) in [7, 11) is 4.74. The molecule has 1 amide bonds. The van der Waals surface area contributed by atoms with Gasteiger partial charge in [-0.25, -0.2) is 4.99 Å². The van der Waals surface area contributed by atoms with Crippen LogP contribution in [0.5, 0.6) is 17.2 Å². The van der Waals surface area contributed by atoms with E-state index in [1.807, 2.05) is 72.8 Å². The average molecular weight is 449 g/mol. The fraction of sp³-hybridized carbons (Fsp3) is 0.200. The standard InChI is InChI=1S/C25H24N2O4S/c1-29-20-14-17(15-21(30-2)24(20)31-3)22-16-23(28)27(19-12-8-5-9-13-19)25(32-22)26-18-10-6-4-7-11-18/h4-15,22H,16H2,1-3H3. The summed E-state index contributed by atoms with van der Waals surface area (Å²) in [6, 6.07) is 23.0. The molecule has 3 aromatic carbocycles. The molecule has 3 aromatic rings. The summed E-state index contributed by atoms with van der Waals surface area (Å²) >= 11 is 1.54. The van der Waals surface area contributed by atoms with Crippen LogP contribution >= 0.6 is 11.8 Å². The highest BCUT2D eigenvalue weighted by atomic mass is 32.2. The molecule has 1 unspecified atom stereocenters. The summed E-state index contributed by atoms with van der Waals surface area (Å²) in [5, 5.41) is 0.469.